The second-order valence-electron chi connectivity index (χ2n) is 9.63. The van der Waals surface area contributed by atoms with E-state index in [1.807, 2.05) is 6.07 Å². The van der Waals surface area contributed by atoms with Gasteiger partial charge < -0.3 is 14.8 Å². The first-order chi connectivity index (χ1) is 13.4. The van der Waals surface area contributed by atoms with Gasteiger partial charge in [-0.15, -0.1) is 0 Å². The third-order valence-electron chi connectivity index (χ3n) is 4.61. The van der Waals surface area contributed by atoms with Crippen molar-refractivity contribution in [1.82, 2.24) is 10.2 Å². The van der Waals surface area contributed by atoms with E-state index in [4.69, 9.17) is 9.47 Å². The number of carbonyl (C=O) groups is 2. The maximum Gasteiger partial charge on any atom is 0.419 e. The van der Waals surface area contributed by atoms with Crippen molar-refractivity contribution in [2.75, 3.05) is 19.6 Å². The second kappa shape index (κ2) is 9.61. The summed E-state index contributed by atoms with van der Waals surface area (Å²) in [5.74, 6) is 0.559. The molecular weight excluding hydrogens is 368 g/mol. The highest BCUT2D eigenvalue weighted by Gasteiger charge is 2.31. The SMILES string of the molecule is CC(C)(C)OC(=O)N(CCc1cccc(C2CCNCC2)c1)C(=O)OC(C)(C)C. The summed E-state index contributed by atoms with van der Waals surface area (Å²) in [5.41, 5.74) is 1.04. The molecule has 0 aliphatic carbocycles. The summed E-state index contributed by atoms with van der Waals surface area (Å²) in [7, 11) is 0. The van der Waals surface area contributed by atoms with E-state index in [1.165, 1.54) is 5.56 Å². The number of hydrogen-bond acceptors (Lipinski definition) is 5. The molecular formula is C23H36N2O4. The summed E-state index contributed by atoms with van der Waals surface area (Å²) < 4.78 is 10.8. The molecule has 0 aromatic heterocycles. The third-order valence-corrected chi connectivity index (χ3v) is 4.61. The molecule has 162 valence electrons. The van der Waals surface area contributed by atoms with E-state index < -0.39 is 23.4 Å². The molecule has 1 heterocycles. The van der Waals surface area contributed by atoms with Crippen molar-refractivity contribution < 1.29 is 19.1 Å². The van der Waals surface area contributed by atoms with Crippen LogP contribution >= 0.6 is 0 Å². The van der Waals surface area contributed by atoms with Crippen LogP contribution in [0.5, 0.6) is 0 Å². The lowest BCUT2D eigenvalue weighted by Gasteiger charge is -2.28. The standard InChI is InChI=1S/C23H36N2O4/c1-22(2,3)28-20(26)25(21(27)29-23(4,5)6)15-12-17-8-7-9-19(16-17)18-10-13-24-14-11-18/h7-9,16,18,24H,10-15H2,1-6H3. The van der Waals surface area contributed by atoms with Gasteiger partial charge in [0.2, 0.25) is 0 Å². The van der Waals surface area contributed by atoms with Crippen molar-refractivity contribution in [3.8, 4) is 0 Å². The quantitative estimate of drug-likeness (QED) is 0.775. The minimum Gasteiger partial charge on any atom is -0.443 e. The summed E-state index contributed by atoms with van der Waals surface area (Å²) in [4.78, 5) is 26.3. The van der Waals surface area contributed by atoms with Crippen LogP contribution in [-0.2, 0) is 15.9 Å². The number of hydrogen-bond donors (Lipinski definition) is 1. The molecule has 6 heteroatoms. The fraction of sp³-hybridized carbons (Fsp3) is 0.652. The number of carbonyl (C=O) groups excluding carboxylic acids is 2. The molecule has 1 aromatic rings. The Morgan fingerprint density at radius 3 is 2.07 bits per heavy atom. The summed E-state index contributed by atoms with van der Waals surface area (Å²) >= 11 is 0. The smallest absolute Gasteiger partial charge is 0.419 e. The number of amides is 2. The molecule has 0 spiro atoms. The van der Waals surface area contributed by atoms with Crippen LogP contribution in [0.15, 0.2) is 24.3 Å². The minimum absolute atomic E-state index is 0.208. The molecule has 1 aliphatic heterocycles. The van der Waals surface area contributed by atoms with Gasteiger partial charge in [-0.3, -0.25) is 0 Å². The average molecular weight is 405 g/mol. The molecule has 1 saturated heterocycles. The molecule has 1 aliphatic rings. The molecule has 6 nitrogen and oxygen atoms in total. The Morgan fingerprint density at radius 2 is 1.55 bits per heavy atom. The Bertz CT molecular complexity index is 670. The first-order valence-electron chi connectivity index (χ1n) is 10.5. The number of nitrogens with zero attached hydrogens (tertiary/aromatic N) is 1. The normalized spacial score (nSPS) is 15.7. The van der Waals surface area contributed by atoms with E-state index in [0.717, 1.165) is 36.4 Å². The number of ether oxygens (including phenoxy) is 2. The van der Waals surface area contributed by atoms with Gasteiger partial charge in [0, 0.05) is 6.54 Å². The highest BCUT2D eigenvalue weighted by molar-refractivity contribution is 5.88. The van der Waals surface area contributed by atoms with Crippen LogP contribution < -0.4 is 5.32 Å². The van der Waals surface area contributed by atoms with Gasteiger partial charge in [-0.05, 0) is 90.9 Å². The number of piperidine rings is 1. The summed E-state index contributed by atoms with van der Waals surface area (Å²) in [6.07, 6.45) is 1.45. The summed E-state index contributed by atoms with van der Waals surface area (Å²) in [6, 6.07) is 8.45. The van der Waals surface area contributed by atoms with Crippen LogP contribution in [0.4, 0.5) is 9.59 Å². The lowest BCUT2D eigenvalue weighted by molar-refractivity contribution is 0.00171. The number of rotatable bonds is 4. The van der Waals surface area contributed by atoms with Crippen LogP contribution in [0.1, 0.15) is 71.4 Å². The first-order valence-corrected chi connectivity index (χ1v) is 10.5. The predicted octanol–water partition coefficient (Wildman–Crippen LogP) is 4.87. The topological polar surface area (TPSA) is 67.9 Å². The largest absolute Gasteiger partial charge is 0.443 e. The van der Waals surface area contributed by atoms with Crippen molar-refractivity contribution in [1.29, 1.82) is 0 Å². The second-order valence-corrected chi connectivity index (χ2v) is 9.63. The Kier molecular flexibility index (Phi) is 7.69. The van der Waals surface area contributed by atoms with Gasteiger partial charge in [0.15, 0.2) is 0 Å². The van der Waals surface area contributed by atoms with Crippen molar-refractivity contribution in [2.24, 2.45) is 0 Å². The monoisotopic (exact) mass is 404 g/mol. The molecule has 29 heavy (non-hydrogen) atoms. The van der Waals surface area contributed by atoms with E-state index in [0.29, 0.717) is 12.3 Å². The first kappa shape index (κ1) is 23.2. The molecule has 0 bridgehead atoms. The van der Waals surface area contributed by atoms with E-state index in [1.54, 1.807) is 41.5 Å². The molecule has 1 N–H and O–H groups in total. The van der Waals surface area contributed by atoms with Gasteiger partial charge in [0.25, 0.3) is 0 Å². The number of nitrogens with one attached hydrogen (secondary N) is 1. The fourth-order valence-electron chi connectivity index (χ4n) is 3.29. The van der Waals surface area contributed by atoms with E-state index in [9.17, 15) is 9.59 Å². The molecule has 1 fully saturated rings. The molecule has 0 atom stereocenters. The molecule has 2 rings (SSSR count). The lowest BCUT2D eigenvalue weighted by atomic mass is 9.89. The summed E-state index contributed by atoms with van der Waals surface area (Å²) in [6.45, 7) is 13.0. The molecule has 0 radical (unpaired) electrons. The Balaban J connectivity index is 2.10. The van der Waals surface area contributed by atoms with Gasteiger partial charge in [-0.25, -0.2) is 14.5 Å². The summed E-state index contributed by atoms with van der Waals surface area (Å²) in [5, 5.41) is 3.39. The van der Waals surface area contributed by atoms with Gasteiger partial charge in [0.05, 0.1) is 0 Å². The zero-order valence-electron chi connectivity index (χ0n) is 18.7. The lowest BCUT2D eigenvalue weighted by Crippen LogP contribution is -2.44. The maximum absolute atomic E-state index is 12.6. The van der Waals surface area contributed by atoms with E-state index in [2.05, 4.69) is 23.5 Å². The highest BCUT2D eigenvalue weighted by atomic mass is 16.6. The Morgan fingerprint density at radius 1 is 1.00 bits per heavy atom. The fourth-order valence-corrected chi connectivity index (χ4v) is 3.29. The Hall–Kier alpha value is -2.08. The van der Waals surface area contributed by atoms with Crippen LogP contribution in [0.3, 0.4) is 0 Å². The van der Waals surface area contributed by atoms with Crippen molar-refractivity contribution in [3.05, 3.63) is 35.4 Å². The maximum atomic E-state index is 12.6. The predicted molar refractivity (Wildman–Crippen MR) is 114 cm³/mol. The molecule has 0 saturated carbocycles. The van der Waals surface area contributed by atoms with Gasteiger partial charge in [-0.1, -0.05) is 24.3 Å². The third kappa shape index (κ3) is 8.05. The van der Waals surface area contributed by atoms with Crippen LogP contribution in [0.25, 0.3) is 0 Å². The Labute approximate surface area is 174 Å². The number of benzene rings is 1. The van der Waals surface area contributed by atoms with Crippen molar-refractivity contribution >= 4 is 12.2 Å². The van der Waals surface area contributed by atoms with E-state index in [-0.39, 0.29) is 6.54 Å². The highest BCUT2D eigenvalue weighted by Crippen LogP contribution is 2.26. The molecule has 2 amide bonds. The average Bonchev–Trinajstić information content (AvgIpc) is 2.60. The van der Waals surface area contributed by atoms with Crippen LogP contribution in [0, 0.1) is 0 Å². The van der Waals surface area contributed by atoms with Gasteiger partial charge in [-0.2, -0.15) is 0 Å². The van der Waals surface area contributed by atoms with Crippen molar-refractivity contribution in [3.63, 3.8) is 0 Å². The van der Waals surface area contributed by atoms with E-state index >= 15 is 0 Å². The van der Waals surface area contributed by atoms with Gasteiger partial charge >= 0.3 is 12.2 Å². The zero-order valence-corrected chi connectivity index (χ0v) is 18.7. The zero-order chi connectivity index (χ0) is 21.7. The number of imide groups is 1. The van der Waals surface area contributed by atoms with Crippen LogP contribution in [-0.4, -0.2) is 47.9 Å². The molecule has 0 unspecified atom stereocenters. The molecule has 1 aromatic carbocycles. The minimum atomic E-state index is -0.688. The van der Waals surface area contributed by atoms with Crippen molar-refractivity contribution in [2.45, 2.75) is 77.9 Å². The van der Waals surface area contributed by atoms with Crippen LogP contribution in [0.2, 0.25) is 0 Å². The van der Waals surface area contributed by atoms with Gasteiger partial charge in [0.1, 0.15) is 11.2 Å².